The zero-order valence-electron chi connectivity index (χ0n) is 14.2. The molecule has 0 spiro atoms. The summed E-state index contributed by atoms with van der Waals surface area (Å²) in [5.74, 6) is -0.301. The van der Waals surface area contributed by atoms with Crippen LogP contribution in [0.25, 0.3) is 5.53 Å². The summed E-state index contributed by atoms with van der Waals surface area (Å²) in [4.78, 5) is 16.5. The van der Waals surface area contributed by atoms with E-state index in [0.29, 0.717) is 13.1 Å². The third-order valence-corrected chi connectivity index (χ3v) is 3.45. The van der Waals surface area contributed by atoms with Gasteiger partial charge in [-0.3, -0.25) is 4.79 Å². The van der Waals surface area contributed by atoms with Crippen molar-refractivity contribution >= 4 is 12.1 Å². The van der Waals surface area contributed by atoms with E-state index >= 15 is 0 Å². The van der Waals surface area contributed by atoms with Crippen LogP contribution in [-0.2, 0) is 11.3 Å². The number of carbonyl (C=O) groups excluding carboxylic acids is 1. The molecule has 1 aromatic carbocycles. The molecule has 0 N–H and O–H groups in total. The molecule has 0 saturated carbocycles. The Kier molecular flexibility index (Phi) is 8.33. The van der Waals surface area contributed by atoms with E-state index in [1.807, 2.05) is 30.3 Å². The highest BCUT2D eigenvalue weighted by Crippen LogP contribution is 2.09. The number of nitrogens with zero attached hydrogens (tertiary/aromatic N) is 3. The average Bonchev–Trinajstić information content (AvgIpc) is 2.52. The molecular formula is C19H25N3O. The van der Waals surface area contributed by atoms with Crippen molar-refractivity contribution in [1.82, 2.24) is 4.90 Å². The van der Waals surface area contributed by atoms with Crippen molar-refractivity contribution in [3.05, 3.63) is 64.7 Å². The fraction of sp³-hybridized carbons (Fsp3) is 0.368. The molecule has 1 amide bonds. The molecular weight excluding hydrogens is 286 g/mol. The van der Waals surface area contributed by atoms with Crippen molar-refractivity contribution < 1.29 is 9.58 Å². The van der Waals surface area contributed by atoms with Gasteiger partial charge in [-0.2, -0.15) is 4.79 Å². The number of hydrogen-bond acceptors (Lipinski definition) is 1. The Hall–Kier alpha value is -2.45. The smallest absolute Gasteiger partial charge is 0.344 e. The highest BCUT2D eigenvalue weighted by molar-refractivity contribution is 6.23. The minimum Gasteiger partial charge on any atom is -0.361 e. The summed E-state index contributed by atoms with van der Waals surface area (Å²) in [5, 5.41) is 0. The molecule has 0 radical (unpaired) electrons. The predicted molar refractivity (Wildman–Crippen MR) is 94.0 cm³/mol. The van der Waals surface area contributed by atoms with Gasteiger partial charge < -0.3 is 10.4 Å². The molecule has 0 atom stereocenters. The Morgan fingerprint density at radius 1 is 1.17 bits per heavy atom. The zero-order chi connectivity index (χ0) is 17.1. The van der Waals surface area contributed by atoms with Gasteiger partial charge in [-0.05, 0) is 39.2 Å². The average molecular weight is 311 g/mol. The number of benzene rings is 1. The molecule has 122 valence electrons. The third-order valence-electron chi connectivity index (χ3n) is 3.45. The van der Waals surface area contributed by atoms with Crippen LogP contribution >= 0.6 is 0 Å². The first-order chi connectivity index (χ1) is 11.0. The molecule has 0 fully saturated rings. The number of allylic oxidation sites excluding steroid dienone is 3. The number of carbonyl (C=O) groups is 1. The number of hydrogen-bond donors (Lipinski definition) is 0. The van der Waals surface area contributed by atoms with Crippen molar-refractivity contribution in [2.75, 3.05) is 6.54 Å². The van der Waals surface area contributed by atoms with Crippen molar-refractivity contribution in [2.45, 2.75) is 40.2 Å². The summed E-state index contributed by atoms with van der Waals surface area (Å²) in [5.41, 5.74) is 12.2. The molecule has 0 aliphatic rings. The molecule has 0 aromatic heterocycles. The second-order valence-electron chi connectivity index (χ2n) is 5.82. The molecule has 0 saturated heterocycles. The Labute approximate surface area is 138 Å². The van der Waals surface area contributed by atoms with Crippen LogP contribution in [0.4, 0.5) is 0 Å². The maximum atomic E-state index is 12.0. The normalized spacial score (nSPS) is 10.7. The molecule has 0 unspecified atom stereocenters. The zero-order valence-corrected chi connectivity index (χ0v) is 14.2. The second-order valence-corrected chi connectivity index (χ2v) is 5.82. The van der Waals surface area contributed by atoms with Crippen LogP contribution in [0.1, 0.15) is 39.2 Å². The van der Waals surface area contributed by atoms with Crippen LogP contribution in [0.5, 0.6) is 0 Å². The monoisotopic (exact) mass is 311 g/mol. The fourth-order valence-electron chi connectivity index (χ4n) is 2.12. The van der Waals surface area contributed by atoms with Gasteiger partial charge in [0.25, 0.3) is 0 Å². The summed E-state index contributed by atoms with van der Waals surface area (Å²) >= 11 is 0. The van der Waals surface area contributed by atoms with E-state index in [1.54, 1.807) is 4.90 Å². The van der Waals surface area contributed by atoms with E-state index < -0.39 is 0 Å². The molecule has 0 aliphatic heterocycles. The predicted octanol–water partition coefficient (Wildman–Crippen LogP) is 4.01. The van der Waals surface area contributed by atoms with E-state index in [2.05, 4.69) is 37.7 Å². The summed E-state index contributed by atoms with van der Waals surface area (Å²) < 4.78 is 0. The molecule has 4 nitrogen and oxygen atoms in total. The topological polar surface area (TPSA) is 56.7 Å². The Bertz CT molecular complexity index is 607. The first-order valence-electron chi connectivity index (χ1n) is 7.82. The molecule has 0 bridgehead atoms. The fourth-order valence-corrected chi connectivity index (χ4v) is 2.12. The van der Waals surface area contributed by atoms with Gasteiger partial charge in [-0.1, -0.05) is 53.6 Å². The van der Waals surface area contributed by atoms with Gasteiger partial charge in [-0.15, -0.1) is 0 Å². The standard InChI is InChI=1S/C19H25N3O/c1-16(2)8-7-9-17(3)12-13-22(19(23)14-21-20)15-18-10-5-4-6-11-18/h4-6,8,10-12,14H,7,9,13,15H2,1-3H3/b17-12+. The number of amides is 1. The van der Waals surface area contributed by atoms with Crippen molar-refractivity contribution in [3.8, 4) is 0 Å². The minimum atomic E-state index is -0.301. The molecule has 23 heavy (non-hydrogen) atoms. The first kappa shape index (κ1) is 18.6. The lowest BCUT2D eigenvalue weighted by Gasteiger charge is -2.18. The molecule has 1 rings (SSSR count). The van der Waals surface area contributed by atoms with E-state index in [-0.39, 0.29) is 5.91 Å². The van der Waals surface area contributed by atoms with Crippen molar-refractivity contribution in [3.63, 3.8) is 0 Å². The number of rotatable bonds is 8. The van der Waals surface area contributed by atoms with E-state index in [0.717, 1.165) is 24.6 Å². The highest BCUT2D eigenvalue weighted by Gasteiger charge is 2.14. The molecule has 1 aromatic rings. The van der Waals surface area contributed by atoms with Gasteiger partial charge in [0.1, 0.15) is 0 Å². The summed E-state index contributed by atoms with van der Waals surface area (Å²) in [7, 11) is 0. The van der Waals surface area contributed by atoms with Crippen LogP contribution in [0.3, 0.4) is 0 Å². The Morgan fingerprint density at radius 3 is 2.48 bits per heavy atom. The lowest BCUT2D eigenvalue weighted by atomic mass is 10.1. The summed E-state index contributed by atoms with van der Waals surface area (Å²) in [6.07, 6.45) is 7.20. The van der Waals surface area contributed by atoms with Gasteiger partial charge in [0.15, 0.2) is 0 Å². The van der Waals surface area contributed by atoms with Crippen LogP contribution in [0.2, 0.25) is 0 Å². The first-order valence-corrected chi connectivity index (χ1v) is 7.82. The van der Waals surface area contributed by atoms with Crippen molar-refractivity contribution in [2.24, 2.45) is 0 Å². The molecule has 0 heterocycles. The van der Waals surface area contributed by atoms with Gasteiger partial charge in [0.05, 0.1) is 0 Å². The van der Waals surface area contributed by atoms with Crippen LogP contribution in [0.15, 0.2) is 53.6 Å². The van der Waals surface area contributed by atoms with E-state index in [9.17, 15) is 4.79 Å². The molecule has 4 heteroatoms. The minimum absolute atomic E-state index is 0.301. The molecule has 0 aliphatic carbocycles. The largest absolute Gasteiger partial charge is 0.361 e. The lowest BCUT2D eigenvalue weighted by Crippen LogP contribution is -2.31. The van der Waals surface area contributed by atoms with Crippen LogP contribution in [-0.4, -0.2) is 28.4 Å². The SMILES string of the molecule is CC(C)=CCC/C(C)=C/CN(Cc1ccccc1)C(=O)C=[N+]=[N-]. The van der Waals surface area contributed by atoms with E-state index in [1.165, 1.54) is 11.1 Å². The van der Waals surface area contributed by atoms with Gasteiger partial charge in [-0.25, -0.2) is 0 Å². The van der Waals surface area contributed by atoms with E-state index in [4.69, 9.17) is 5.53 Å². The Balaban J connectivity index is 2.71. The summed E-state index contributed by atoms with van der Waals surface area (Å²) in [6, 6.07) is 9.78. The maximum Gasteiger partial charge on any atom is 0.344 e. The highest BCUT2D eigenvalue weighted by atomic mass is 16.2. The van der Waals surface area contributed by atoms with Gasteiger partial charge in [0.2, 0.25) is 0 Å². The quantitative estimate of drug-likeness (QED) is 0.310. The van der Waals surface area contributed by atoms with Crippen LogP contribution < -0.4 is 0 Å². The Morgan fingerprint density at radius 2 is 1.87 bits per heavy atom. The van der Waals surface area contributed by atoms with Gasteiger partial charge >= 0.3 is 12.1 Å². The maximum absolute atomic E-state index is 12.0. The second kappa shape index (κ2) is 10.3. The van der Waals surface area contributed by atoms with Crippen LogP contribution in [0, 0.1) is 0 Å². The lowest BCUT2D eigenvalue weighted by molar-refractivity contribution is -0.127. The summed E-state index contributed by atoms with van der Waals surface area (Å²) in [6.45, 7) is 7.25. The van der Waals surface area contributed by atoms with Crippen molar-refractivity contribution in [1.29, 1.82) is 0 Å². The third kappa shape index (κ3) is 7.93. The van der Waals surface area contributed by atoms with Gasteiger partial charge in [0, 0.05) is 13.1 Å².